The first kappa shape index (κ1) is 19.4. The molecule has 4 aromatic rings. The summed E-state index contributed by atoms with van der Waals surface area (Å²) >= 11 is 1.60. The molecule has 1 aliphatic rings. The van der Waals surface area contributed by atoms with E-state index < -0.39 is 10.0 Å². The molecule has 3 heterocycles. The fraction of sp³-hybridized carbons (Fsp3) is 0.238. The fourth-order valence-corrected chi connectivity index (χ4v) is 5.71. The molecule has 1 aliphatic heterocycles. The van der Waals surface area contributed by atoms with Crippen LogP contribution in [0.2, 0.25) is 0 Å². The van der Waals surface area contributed by atoms with Crippen LogP contribution in [0.3, 0.4) is 0 Å². The predicted molar refractivity (Wildman–Crippen MR) is 121 cm³/mol. The summed E-state index contributed by atoms with van der Waals surface area (Å²) in [6.07, 6.45) is 3.30. The van der Waals surface area contributed by atoms with Crippen molar-refractivity contribution < 1.29 is 8.42 Å². The molecule has 0 spiro atoms. The molecular weight excluding hydrogens is 418 g/mol. The third-order valence-corrected chi connectivity index (χ3v) is 7.62. The van der Waals surface area contributed by atoms with Gasteiger partial charge in [0.15, 0.2) is 0 Å². The number of hydrogen-bond donors (Lipinski definition) is 3. The number of sulfonamides is 1. The molecule has 30 heavy (non-hydrogen) atoms. The highest BCUT2D eigenvalue weighted by Gasteiger charge is 2.22. The molecule has 0 radical (unpaired) electrons. The molecule has 7 nitrogen and oxygen atoms in total. The third-order valence-electron chi connectivity index (χ3n) is 5.29. The lowest BCUT2D eigenvalue weighted by molar-refractivity contribution is 0.427. The molecule has 1 saturated heterocycles. The van der Waals surface area contributed by atoms with Crippen molar-refractivity contribution in [2.75, 3.05) is 18.4 Å². The average Bonchev–Trinajstić information content (AvgIpc) is 3.22. The van der Waals surface area contributed by atoms with Crippen LogP contribution in [0.5, 0.6) is 0 Å². The first-order chi connectivity index (χ1) is 14.6. The van der Waals surface area contributed by atoms with E-state index in [0.29, 0.717) is 0 Å². The number of thiazole rings is 1. The SMILES string of the molecule is O=S(=O)(NC1CCNCC1)c1ccc2nccc(Nc3ccc4scnc4c3)c2c1. The van der Waals surface area contributed by atoms with Gasteiger partial charge in [-0.1, -0.05) is 0 Å². The van der Waals surface area contributed by atoms with Gasteiger partial charge >= 0.3 is 0 Å². The first-order valence-corrected chi connectivity index (χ1v) is 12.2. The summed E-state index contributed by atoms with van der Waals surface area (Å²) in [5, 5.41) is 7.39. The van der Waals surface area contributed by atoms with Gasteiger partial charge in [0.2, 0.25) is 10.0 Å². The Morgan fingerprint density at radius 1 is 1.00 bits per heavy atom. The number of benzene rings is 2. The minimum absolute atomic E-state index is 0.0386. The number of nitrogens with zero attached hydrogens (tertiary/aromatic N) is 2. The van der Waals surface area contributed by atoms with Crippen LogP contribution >= 0.6 is 11.3 Å². The van der Waals surface area contributed by atoms with E-state index in [1.54, 1.807) is 35.7 Å². The molecule has 154 valence electrons. The van der Waals surface area contributed by atoms with Gasteiger partial charge in [-0.3, -0.25) is 4.98 Å². The van der Waals surface area contributed by atoms with Crippen molar-refractivity contribution in [2.24, 2.45) is 0 Å². The van der Waals surface area contributed by atoms with Crippen LogP contribution < -0.4 is 15.4 Å². The second-order valence-electron chi connectivity index (χ2n) is 7.34. The highest BCUT2D eigenvalue weighted by atomic mass is 32.2. The summed E-state index contributed by atoms with van der Waals surface area (Å²) in [5.74, 6) is 0. The van der Waals surface area contributed by atoms with Gasteiger partial charge in [0.25, 0.3) is 0 Å². The molecular formula is C21H21N5O2S2. The maximum absolute atomic E-state index is 13.0. The van der Waals surface area contributed by atoms with E-state index in [9.17, 15) is 8.42 Å². The zero-order valence-corrected chi connectivity index (χ0v) is 17.8. The molecule has 0 saturated carbocycles. The second-order valence-corrected chi connectivity index (χ2v) is 9.94. The van der Waals surface area contributed by atoms with E-state index in [-0.39, 0.29) is 10.9 Å². The van der Waals surface area contributed by atoms with Crippen molar-refractivity contribution in [1.82, 2.24) is 20.0 Å². The van der Waals surface area contributed by atoms with Crippen LogP contribution in [0.1, 0.15) is 12.8 Å². The minimum Gasteiger partial charge on any atom is -0.355 e. The zero-order chi connectivity index (χ0) is 20.6. The Bertz CT molecular complexity index is 1310. The number of piperidine rings is 1. The van der Waals surface area contributed by atoms with Crippen LogP contribution in [-0.4, -0.2) is 37.5 Å². The Balaban J connectivity index is 1.48. The van der Waals surface area contributed by atoms with Crippen molar-refractivity contribution in [3.63, 3.8) is 0 Å². The summed E-state index contributed by atoms with van der Waals surface area (Å²) in [6.45, 7) is 1.65. The van der Waals surface area contributed by atoms with Crippen molar-refractivity contribution in [3.8, 4) is 0 Å². The number of pyridine rings is 1. The Kier molecular flexibility index (Phi) is 5.11. The van der Waals surface area contributed by atoms with Crippen molar-refractivity contribution in [2.45, 2.75) is 23.8 Å². The number of rotatable bonds is 5. The smallest absolute Gasteiger partial charge is 0.240 e. The lowest BCUT2D eigenvalue weighted by atomic mass is 10.1. The molecule has 0 atom stereocenters. The number of fused-ring (bicyclic) bond motifs is 2. The highest BCUT2D eigenvalue weighted by molar-refractivity contribution is 7.89. The van der Waals surface area contributed by atoms with Crippen molar-refractivity contribution in [3.05, 3.63) is 54.2 Å². The van der Waals surface area contributed by atoms with Gasteiger partial charge < -0.3 is 10.6 Å². The largest absolute Gasteiger partial charge is 0.355 e. The third kappa shape index (κ3) is 3.89. The monoisotopic (exact) mass is 439 g/mol. The fourth-order valence-electron chi connectivity index (χ4n) is 3.72. The topological polar surface area (TPSA) is 96.0 Å². The molecule has 9 heteroatoms. The highest BCUT2D eigenvalue weighted by Crippen LogP contribution is 2.29. The molecule has 2 aromatic carbocycles. The van der Waals surface area contributed by atoms with E-state index in [4.69, 9.17) is 0 Å². The summed E-state index contributed by atoms with van der Waals surface area (Å²) in [6, 6.07) is 12.9. The van der Waals surface area contributed by atoms with Crippen LogP contribution in [0.25, 0.3) is 21.1 Å². The molecule has 1 fully saturated rings. The number of aromatic nitrogens is 2. The van der Waals surface area contributed by atoms with Gasteiger partial charge in [-0.2, -0.15) is 0 Å². The molecule has 2 aromatic heterocycles. The molecule has 0 bridgehead atoms. The number of anilines is 2. The molecule has 5 rings (SSSR count). The van der Waals surface area contributed by atoms with Crippen LogP contribution in [0.4, 0.5) is 11.4 Å². The van der Waals surface area contributed by atoms with Gasteiger partial charge in [-0.05, 0) is 68.4 Å². The van der Waals surface area contributed by atoms with E-state index in [1.165, 1.54) is 0 Å². The molecule has 0 unspecified atom stereocenters. The van der Waals surface area contributed by atoms with Crippen molar-refractivity contribution in [1.29, 1.82) is 0 Å². The van der Waals surface area contributed by atoms with Gasteiger partial charge in [-0.25, -0.2) is 18.1 Å². The number of hydrogen-bond acceptors (Lipinski definition) is 7. The first-order valence-electron chi connectivity index (χ1n) is 9.81. The summed E-state index contributed by atoms with van der Waals surface area (Å²) < 4.78 is 29.9. The Morgan fingerprint density at radius 3 is 2.73 bits per heavy atom. The normalized spacial score (nSPS) is 15.6. The van der Waals surface area contributed by atoms with Crippen LogP contribution in [-0.2, 0) is 10.0 Å². The van der Waals surface area contributed by atoms with Crippen molar-refractivity contribution >= 4 is 53.9 Å². The Labute approximate surface area is 178 Å². The van der Waals surface area contributed by atoms with E-state index in [2.05, 4.69) is 25.3 Å². The Morgan fingerprint density at radius 2 is 1.87 bits per heavy atom. The maximum Gasteiger partial charge on any atom is 0.240 e. The Hall–Kier alpha value is -2.59. The average molecular weight is 440 g/mol. The molecule has 0 amide bonds. The van der Waals surface area contributed by atoms with Gasteiger partial charge in [0.1, 0.15) is 0 Å². The number of nitrogens with one attached hydrogen (secondary N) is 3. The minimum atomic E-state index is -3.60. The maximum atomic E-state index is 13.0. The van der Waals surface area contributed by atoms with Crippen LogP contribution in [0, 0.1) is 0 Å². The quantitative estimate of drug-likeness (QED) is 0.440. The van der Waals surface area contributed by atoms with Crippen LogP contribution in [0.15, 0.2) is 59.1 Å². The molecule has 3 N–H and O–H groups in total. The summed E-state index contributed by atoms with van der Waals surface area (Å²) in [4.78, 5) is 9.00. The standard InChI is InChI=1S/C21H21N5O2S2/c27-30(28,26-14-5-8-22-9-6-14)16-2-3-18-17(12-16)19(7-10-23-18)25-15-1-4-21-20(11-15)24-13-29-21/h1-4,7,10-14,22,26H,5-6,8-9H2,(H,23,25). The summed E-state index contributed by atoms with van der Waals surface area (Å²) in [5.41, 5.74) is 5.17. The second kappa shape index (κ2) is 7.92. The lowest BCUT2D eigenvalue weighted by Crippen LogP contribution is -2.42. The van der Waals surface area contributed by atoms with E-state index >= 15 is 0 Å². The van der Waals surface area contributed by atoms with Gasteiger partial charge in [0, 0.05) is 29.0 Å². The predicted octanol–water partition coefficient (Wildman–Crippen LogP) is 3.62. The van der Waals surface area contributed by atoms with E-state index in [1.807, 2.05) is 29.8 Å². The van der Waals surface area contributed by atoms with Gasteiger partial charge in [0.05, 0.1) is 26.1 Å². The molecule has 0 aliphatic carbocycles. The van der Waals surface area contributed by atoms with Gasteiger partial charge in [-0.15, -0.1) is 11.3 Å². The lowest BCUT2D eigenvalue weighted by Gasteiger charge is -2.23. The van der Waals surface area contributed by atoms with E-state index in [0.717, 1.165) is 58.4 Å². The summed E-state index contributed by atoms with van der Waals surface area (Å²) in [7, 11) is -3.60. The zero-order valence-electron chi connectivity index (χ0n) is 16.1.